The van der Waals surface area contributed by atoms with Crippen molar-refractivity contribution in [3.05, 3.63) is 89.7 Å². The van der Waals surface area contributed by atoms with E-state index in [1.807, 2.05) is 18.2 Å². The average molecular weight is 377 g/mol. The molecular formula is C25H29FN2. The molecular weight excluding hydrogens is 347 g/mol. The molecule has 0 aromatic heterocycles. The largest absolute Gasteiger partial charge is 0.398 e. The van der Waals surface area contributed by atoms with E-state index < -0.39 is 0 Å². The van der Waals surface area contributed by atoms with Gasteiger partial charge < -0.3 is 5.73 Å². The Balaban J connectivity index is 1.80. The molecule has 0 aliphatic heterocycles. The molecule has 28 heavy (non-hydrogen) atoms. The van der Waals surface area contributed by atoms with Gasteiger partial charge in [0.05, 0.1) is 0 Å². The Hall–Kier alpha value is -2.65. The van der Waals surface area contributed by atoms with Crippen LogP contribution in [0.4, 0.5) is 10.1 Å². The zero-order valence-electron chi connectivity index (χ0n) is 16.7. The molecule has 3 heteroatoms. The first kappa shape index (κ1) is 20.1. The van der Waals surface area contributed by atoms with Gasteiger partial charge in [0.1, 0.15) is 5.82 Å². The SMILES string of the molecule is CCCN(Cc1ccccc1)CC(C)c1cc(-c2cccc(F)c2)ccc1N. The summed E-state index contributed by atoms with van der Waals surface area (Å²) in [5.74, 6) is 0.0599. The summed E-state index contributed by atoms with van der Waals surface area (Å²) in [5, 5.41) is 0. The van der Waals surface area contributed by atoms with Crippen LogP contribution in [-0.2, 0) is 6.54 Å². The summed E-state index contributed by atoms with van der Waals surface area (Å²) in [6, 6.07) is 23.3. The van der Waals surface area contributed by atoms with E-state index in [0.717, 1.165) is 48.4 Å². The summed E-state index contributed by atoms with van der Waals surface area (Å²) in [5.41, 5.74) is 11.4. The summed E-state index contributed by atoms with van der Waals surface area (Å²) in [6.07, 6.45) is 1.11. The molecule has 0 amide bonds. The zero-order valence-corrected chi connectivity index (χ0v) is 16.7. The maximum atomic E-state index is 13.6. The van der Waals surface area contributed by atoms with Gasteiger partial charge in [0, 0.05) is 18.8 Å². The highest BCUT2D eigenvalue weighted by molar-refractivity contribution is 5.68. The lowest BCUT2D eigenvalue weighted by Gasteiger charge is -2.26. The van der Waals surface area contributed by atoms with Gasteiger partial charge in [-0.3, -0.25) is 4.90 Å². The molecule has 2 N–H and O–H groups in total. The molecule has 146 valence electrons. The van der Waals surface area contributed by atoms with E-state index in [-0.39, 0.29) is 11.7 Å². The van der Waals surface area contributed by atoms with Crippen LogP contribution >= 0.6 is 0 Å². The second-order valence-electron chi connectivity index (χ2n) is 7.48. The van der Waals surface area contributed by atoms with E-state index in [0.29, 0.717) is 0 Å². The van der Waals surface area contributed by atoms with Crippen molar-refractivity contribution in [2.75, 3.05) is 18.8 Å². The molecule has 0 fully saturated rings. The van der Waals surface area contributed by atoms with Crippen LogP contribution in [0.2, 0.25) is 0 Å². The molecule has 0 saturated carbocycles. The highest BCUT2D eigenvalue weighted by Crippen LogP contribution is 2.30. The molecule has 1 unspecified atom stereocenters. The fourth-order valence-electron chi connectivity index (χ4n) is 3.73. The normalized spacial score (nSPS) is 12.3. The minimum absolute atomic E-state index is 0.221. The number of hydrogen-bond acceptors (Lipinski definition) is 2. The minimum atomic E-state index is -0.221. The molecule has 0 aliphatic rings. The average Bonchev–Trinajstić information content (AvgIpc) is 2.69. The third kappa shape index (κ3) is 5.20. The van der Waals surface area contributed by atoms with E-state index in [2.05, 4.69) is 55.1 Å². The van der Waals surface area contributed by atoms with Gasteiger partial charge in [0.15, 0.2) is 0 Å². The Morgan fingerprint density at radius 3 is 2.39 bits per heavy atom. The fourth-order valence-corrected chi connectivity index (χ4v) is 3.73. The van der Waals surface area contributed by atoms with Gasteiger partial charge in [0.25, 0.3) is 0 Å². The molecule has 3 aromatic rings. The van der Waals surface area contributed by atoms with E-state index >= 15 is 0 Å². The first-order valence-electron chi connectivity index (χ1n) is 9.98. The quantitative estimate of drug-likeness (QED) is 0.482. The van der Waals surface area contributed by atoms with Crippen LogP contribution in [0.25, 0.3) is 11.1 Å². The number of nitrogens with two attached hydrogens (primary N) is 1. The number of nitrogens with zero attached hydrogens (tertiary/aromatic N) is 1. The predicted octanol–water partition coefficient (Wildman–Crippen LogP) is 6.09. The monoisotopic (exact) mass is 376 g/mol. The van der Waals surface area contributed by atoms with Gasteiger partial charge in [-0.25, -0.2) is 4.39 Å². The molecule has 0 radical (unpaired) electrons. The highest BCUT2D eigenvalue weighted by Gasteiger charge is 2.15. The van der Waals surface area contributed by atoms with Gasteiger partial charge in [-0.2, -0.15) is 0 Å². The number of nitrogen functional groups attached to an aromatic ring is 1. The van der Waals surface area contributed by atoms with Crippen LogP contribution in [0.3, 0.4) is 0 Å². The topological polar surface area (TPSA) is 29.3 Å². The van der Waals surface area contributed by atoms with Crippen molar-refractivity contribution in [3.63, 3.8) is 0 Å². The van der Waals surface area contributed by atoms with Gasteiger partial charge in [0.2, 0.25) is 0 Å². The molecule has 0 aliphatic carbocycles. The van der Waals surface area contributed by atoms with Crippen molar-refractivity contribution in [1.82, 2.24) is 4.90 Å². The Morgan fingerprint density at radius 2 is 1.68 bits per heavy atom. The third-order valence-corrected chi connectivity index (χ3v) is 5.10. The van der Waals surface area contributed by atoms with Crippen LogP contribution in [-0.4, -0.2) is 18.0 Å². The predicted molar refractivity (Wildman–Crippen MR) is 117 cm³/mol. The van der Waals surface area contributed by atoms with Crippen molar-refractivity contribution in [1.29, 1.82) is 0 Å². The van der Waals surface area contributed by atoms with Crippen LogP contribution in [0, 0.1) is 5.82 Å². The molecule has 0 bridgehead atoms. The number of benzene rings is 3. The van der Waals surface area contributed by atoms with Crippen molar-refractivity contribution in [2.45, 2.75) is 32.7 Å². The van der Waals surface area contributed by atoms with E-state index in [4.69, 9.17) is 5.73 Å². The van der Waals surface area contributed by atoms with Crippen molar-refractivity contribution < 1.29 is 4.39 Å². The molecule has 2 nitrogen and oxygen atoms in total. The Bertz CT molecular complexity index is 892. The summed E-state index contributed by atoms with van der Waals surface area (Å²) in [6.45, 7) is 7.33. The Morgan fingerprint density at radius 1 is 0.929 bits per heavy atom. The van der Waals surface area contributed by atoms with Gasteiger partial charge in [-0.1, -0.05) is 62.4 Å². The minimum Gasteiger partial charge on any atom is -0.398 e. The molecule has 0 saturated heterocycles. The van der Waals surface area contributed by atoms with E-state index in [1.54, 1.807) is 12.1 Å². The maximum Gasteiger partial charge on any atom is 0.123 e. The number of hydrogen-bond donors (Lipinski definition) is 1. The number of halogens is 1. The second-order valence-corrected chi connectivity index (χ2v) is 7.48. The number of anilines is 1. The van der Waals surface area contributed by atoms with E-state index in [1.165, 1.54) is 11.6 Å². The molecule has 0 heterocycles. The summed E-state index contributed by atoms with van der Waals surface area (Å²) >= 11 is 0. The summed E-state index contributed by atoms with van der Waals surface area (Å²) < 4.78 is 13.6. The smallest absolute Gasteiger partial charge is 0.123 e. The first-order valence-corrected chi connectivity index (χ1v) is 9.98. The molecule has 3 rings (SSSR count). The lowest BCUT2D eigenvalue weighted by atomic mass is 9.94. The highest BCUT2D eigenvalue weighted by atomic mass is 19.1. The van der Waals surface area contributed by atoms with Gasteiger partial charge in [-0.05, 0) is 65.4 Å². The van der Waals surface area contributed by atoms with Crippen LogP contribution in [0.1, 0.15) is 37.3 Å². The molecule has 0 spiro atoms. The van der Waals surface area contributed by atoms with Crippen molar-refractivity contribution in [2.24, 2.45) is 0 Å². The Labute approximate surface area is 167 Å². The van der Waals surface area contributed by atoms with Crippen LogP contribution in [0.15, 0.2) is 72.8 Å². The summed E-state index contributed by atoms with van der Waals surface area (Å²) in [4.78, 5) is 2.48. The van der Waals surface area contributed by atoms with Crippen molar-refractivity contribution >= 4 is 5.69 Å². The molecule has 1 atom stereocenters. The summed E-state index contributed by atoms with van der Waals surface area (Å²) in [7, 11) is 0. The molecule has 3 aromatic carbocycles. The fraction of sp³-hybridized carbons (Fsp3) is 0.280. The lowest BCUT2D eigenvalue weighted by Crippen LogP contribution is -2.28. The third-order valence-electron chi connectivity index (χ3n) is 5.10. The number of rotatable bonds is 8. The van der Waals surface area contributed by atoms with Gasteiger partial charge in [-0.15, -0.1) is 0 Å². The second kappa shape index (κ2) is 9.52. The van der Waals surface area contributed by atoms with E-state index in [9.17, 15) is 4.39 Å². The van der Waals surface area contributed by atoms with Crippen molar-refractivity contribution in [3.8, 4) is 11.1 Å². The zero-order chi connectivity index (χ0) is 19.9. The van der Waals surface area contributed by atoms with Crippen LogP contribution < -0.4 is 5.73 Å². The first-order chi connectivity index (χ1) is 13.6. The van der Waals surface area contributed by atoms with Crippen LogP contribution in [0.5, 0.6) is 0 Å². The maximum absolute atomic E-state index is 13.6. The van der Waals surface area contributed by atoms with Gasteiger partial charge >= 0.3 is 0 Å². The lowest BCUT2D eigenvalue weighted by molar-refractivity contribution is 0.253. The standard InChI is InChI=1S/C25H29FN2/c1-3-14-28(18-20-8-5-4-6-9-20)17-19(2)24-16-22(12-13-25(24)27)21-10-7-11-23(26)15-21/h4-13,15-16,19H,3,14,17-18,27H2,1-2H3. The Kier molecular flexibility index (Phi) is 6.83.